The summed E-state index contributed by atoms with van der Waals surface area (Å²) in [5, 5.41) is 7.97. The number of benzene rings is 1. The molecule has 11 nitrogen and oxygen atoms in total. The average Bonchev–Trinajstić information content (AvgIpc) is 3.81. The molecule has 0 aromatic heterocycles. The van der Waals surface area contributed by atoms with Gasteiger partial charge in [0.05, 0.1) is 26.1 Å². The van der Waals surface area contributed by atoms with Gasteiger partial charge in [-0.05, 0) is 61.3 Å². The number of nitrogens with one attached hydrogen (secondary N) is 4. The lowest BCUT2D eigenvalue weighted by molar-refractivity contribution is -0.134. The Labute approximate surface area is 240 Å². The first kappa shape index (κ1) is 29.6. The first-order valence-electron chi connectivity index (χ1n) is 13.9. The molecule has 0 bridgehead atoms. The van der Waals surface area contributed by atoms with Crippen LogP contribution in [0.2, 0.25) is 0 Å². The second kappa shape index (κ2) is 15.4. The molecule has 3 aliphatic rings. The van der Waals surface area contributed by atoms with Crippen molar-refractivity contribution in [2.45, 2.75) is 50.4 Å². The van der Waals surface area contributed by atoms with Crippen molar-refractivity contribution in [3.63, 3.8) is 0 Å². The van der Waals surface area contributed by atoms with Gasteiger partial charge in [-0.3, -0.25) is 19.6 Å². The molecule has 1 aromatic carbocycles. The summed E-state index contributed by atoms with van der Waals surface area (Å²) in [7, 11) is 0. The van der Waals surface area contributed by atoms with Crippen LogP contribution in [-0.4, -0.2) is 85.7 Å². The minimum absolute atomic E-state index is 0.138. The number of para-hydroxylation sites is 1. The SMILES string of the molecule is CC/C1=C(\N(CCNC=O)CCc2ccccc2NSC2CC2)C(=O)N(CC=O)NC(C2=CCOCC2)/N=C/N1. The van der Waals surface area contributed by atoms with Crippen LogP contribution < -0.4 is 20.8 Å². The zero-order valence-corrected chi connectivity index (χ0v) is 23.8. The summed E-state index contributed by atoms with van der Waals surface area (Å²) < 4.78 is 8.94. The number of hydrogen-bond donors (Lipinski definition) is 4. The molecule has 4 rings (SSSR count). The number of carbonyl (C=O) groups is 3. The van der Waals surface area contributed by atoms with Crippen molar-refractivity contribution in [1.82, 2.24) is 26.0 Å². The van der Waals surface area contributed by atoms with Crippen LogP contribution in [0.15, 0.2) is 52.3 Å². The van der Waals surface area contributed by atoms with Crippen molar-refractivity contribution >= 4 is 42.6 Å². The zero-order valence-electron chi connectivity index (χ0n) is 22.9. The third kappa shape index (κ3) is 8.33. The summed E-state index contributed by atoms with van der Waals surface area (Å²) in [6, 6.07) is 8.20. The minimum Gasteiger partial charge on any atom is -0.377 e. The van der Waals surface area contributed by atoms with Gasteiger partial charge < -0.3 is 29.8 Å². The van der Waals surface area contributed by atoms with Crippen molar-refractivity contribution in [3.8, 4) is 0 Å². The van der Waals surface area contributed by atoms with Gasteiger partial charge in [-0.15, -0.1) is 0 Å². The van der Waals surface area contributed by atoms with E-state index >= 15 is 0 Å². The van der Waals surface area contributed by atoms with E-state index in [9.17, 15) is 14.4 Å². The first-order valence-corrected chi connectivity index (χ1v) is 14.7. The summed E-state index contributed by atoms with van der Waals surface area (Å²) in [6.45, 7) is 4.18. The predicted octanol–water partition coefficient (Wildman–Crippen LogP) is 1.96. The number of anilines is 1. The number of allylic oxidation sites excluding steroid dienone is 1. The molecule has 2 aliphatic heterocycles. The molecule has 0 radical (unpaired) electrons. The minimum atomic E-state index is -0.509. The summed E-state index contributed by atoms with van der Waals surface area (Å²) in [5.74, 6) is -0.332. The van der Waals surface area contributed by atoms with E-state index in [0.29, 0.717) is 81.5 Å². The molecule has 12 heteroatoms. The maximum absolute atomic E-state index is 14.1. The molecule has 216 valence electrons. The summed E-state index contributed by atoms with van der Waals surface area (Å²) in [6.07, 6.45) is 8.78. The molecule has 0 saturated heterocycles. The first-order chi connectivity index (χ1) is 19.6. The third-order valence-electron chi connectivity index (χ3n) is 6.89. The van der Waals surface area contributed by atoms with Gasteiger partial charge >= 0.3 is 0 Å². The van der Waals surface area contributed by atoms with Crippen LogP contribution in [0.4, 0.5) is 5.69 Å². The fraction of sp³-hybridized carbons (Fsp3) is 0.500. The lowest BCUT2D eigenvalue weighted by atomic mass is 10.1. The van der Waals surface area contributed by atoms with Crippen LogP contribution >= 0.6 is 11.9 Å². The second-order valence-corrected chi connectivity index (χ2v) is 10.8. The Morgan fingerprint density at radius 3 is 2.83 bits per heavy atom. The number of carbonyl (C=O) groups excluding carboxylic acids is 3. The molecule has 1 saturated carbocycles. The molecule has 1 aliphatic carbocycles. The van der Waals surface area contributed by atoms with Crippen LogP contribution in [0.5, 0.6) is 0 Å². The Hall–Kier alpha value is -3.35. The number of hydrogen-bond acceptors (Lipinski definition) is 10. The fourth-order valence-corrected chi connectivity index (χ4v) is 5.41. The van der Waals surface area contributed by atoms with Crippen molar-refractivity contribution in [1.29, 1.82) is 0 Å². The van der Waals surface area contributed by atoms with E-state index in [4.69, 9.17) is 4.74 Å². The number of rotatable bonds is 15. The van der Waals surface area contributed by atoms with Gasteiger partial charge in [-0.2, -0.15) is 0 Å². The number of amides is 2. The van der Waals surface area contributed by atoms with E-state index in [-0.39, 0.29) is 12.5 Å². The molecular weight excluding hydrogens is 530 g/mol. The van der Waals surface area contributed by atoms with Crippen LogP contribution in [0.3, 0.4) is 0 Å². The number of ether oxygens (including phenoxy) is 1. The highest BCUT2D eigenvalue weighted by Crippen LogP contribution is 2.35. The molecule has 1 aromatic rings. The van der Waals surface area contributed by atoms with Gasteiger partial charge in [-0.25, -0.2) is 5.43 Å². The number of nitrogens with zero attached hydrogens (tertiary/aromatic N) is 3. The highest BCUT2D eigenvalue weighted by molar-refractivity contribution is 8.01. The Bertz CT molecular complexity index is 1120. The molecule has 2 amide bonds. The summed E-state index contributed by atoms with van der Waals surface area (Å²) in [4.78, 5) is 43.5. The van der Waals surface area contributed by atoms with Crippen LogP contribution in [0, 0.1) is 0 Å². The maximum Gasteiger partial charge on any atom is 0.286 e. The standard InChI is InChI=1S/C28H39N7O4S/c1-2-24-26(28(38)35(15-16-36)32-27(31-19-30-24)22-10-17-39-18-11-22)34(14-12-29-20-37)13-9-21-5-3-4-6-25(21)33-40-23-7-8-23/h3-6,10,16,19-20,23,27,32-33H,2,7-9,11-15,17-18H2,1H3,(H,29,37)(H,30,31)/b26-24+. The summed E-state index contributed by atoms with van der Waals surface area (Å²) >= 11 is 1.76. The van der Waals surface area contributed by atoms with Gasteiger partial charge in [0.1, 0.15) is 18.1 Å². The monoisotopic (exact) mass is 569 g/mol. The Morgan fingerprint density at radius 2 is 2.10 bits per heavy atom. The molecule has 1 atom stereocenters. The summed E-state index contributed by atoms with van der Waals surface area (Å²) in [5.41, 5.74) is 7.51. The average molecular weight is 570 g/mol. The number of aliphatic imine (C=N–C) groups is 1. The molecule has 1 fully saturated rings. The van der Waals surface area contributed by atoms with Gasteiger partial charge in [0.2, 0.25) is 6.41 Å². The Kier molecular flexibility index (Phi) is 11.4. The van der Waals surface area contributed by atoms with E-state index in [1.54, 1.807) is 18.3 Å². The van der Waals surface area contributed by atoms with E-state index in [0.717, 1.165) is 16.8 Å². The van der Waals surface area contributed by atoms with Crippen LogP contribution in [0.1, 0.15) is 38.2 Å². The van der Waals surface area contributed by atoms with E-state index < -0.39 is 6.17 Å². The van der Waals surface area contributed by atoms with E-state index in [2.05, 4.69) is 37.9 Å². The molecular formula is C28H39N7O4S. The van der Waals surface area contributed by atoms with Crippen molar-refractivity contribution in [3.05, 3.63) is 52.9 Å². The van der Waals surface area contributed by atoms with Crippen molar-refractivity contribution < 1.29 is 19.1 Å². The smallest absolute Gasteiger partial charge is 0.286 e. The van der Waals surface area contributed by atoms with Gasteiger partial charge in [-0.1, -0.05) is 31.2 Å². The zero-order chi connectivity index (χ0) is 28.2. The van der Waals surface area contributed by atoms with Gasteiger partial charge in [0.25, 0.3) is 5.91 Å². The molecule has 40 heavy (non-hydrogen) atoms. The van der Waals surface area contributed by atoms with Gasteiger partial charge in [0, 0.05) is 36.3 Å². The normalized spacial score (nSPS) is 22.2. The molecule has 0 spiro atoms. The van der Waals surface area contributed by atoms with Crippen LogP contribution in [0.25, 0.3) is 0 Å². The maximum atomic E-state index is 14.1. The Morgan fingerprint density at radius 1 is 1.25 bits per heavy atom. The number of aldehydes is 1. The number of hydrazine groups is 1. The van der Waals surface area contributed by atoms with Crippen molar-refractivity contribution in [2.24, 2.45) is 4.99 Å². The van der Waals surface area contributed by atoms with E-state index in [1.807, 2.05) is 30.0 Å². The lowest BCUT2D eigenvalue weighted by Crippen LogP contribution is -2.52. The van der Waals surface area contributed by atoms with Crippen molar-refractivity contribution in [2.75, 3.05) is 44.1 Å². The highest BCUT2D eigenvalue weighted by Gasteiger charge is 2.30. The predicted molar refractivity (Wildman–Crippen MR) is 157 cm³/mol. The third-order valence-corrected chi connectivity index (χ3v) is 8.03. The molecule has 2 heterocycles. The topological polar surface area (TPSA) is 127 Å². The second-order valence-electron chi connectivity index (χ2n) is 9.71. The lowest BCUT2D eigenvalue weighted by Gasteiger charge is -2.33. The largest absolute Gasteiger partial charge is 0.377 e. The molecule has 4 N–H and O–H groups in total. The van der Waals surface area contributed by atoms with E-state index in [1.165, 1.54) is 17.9 Å². The quantitative estimate of drug-likeness (QED) is 0.108. The van der Waals surface area contributed by atoms with Crippen LogP contribution in [-0.2, 0) is 25.5 Å². The van der Waals surface area contributed by atoms with Gasteiger partial charge in [0.15, 0.2) is 0 Å². The Balaban J connectivity index is 1.60. The fourth-order valence-electron chi connectivity index (χ4n) is 4.55. The molecule has 1 unspecified atom stereocenters. The highest BCUT2D eigenvalue weighted by atomic mass is 32.2.